The van der Waals surface area contributed by atoms with Gasteiger partial charge in [-0.3, -0.25) is 10.0 Å². The van der Waals surface area contributed by atoms with Crippen LogP contribution in [0.1, 0.15) is 29.8 Å². The van der Waals surface area contributed by atoms with Gasteiger partial charge in [0.05, 0.1) is 23.3 Å². The molecule has 0 fully saturated rings. The molecule has 0 spiro atoms. The van der Waals surface area contributed by atoms with Crippen LogP contribution in [0, 0.1) is 13.8 Å². The molecule has 10 nitrogen and oxygen atoms in total. The number of amides is 1. The Kier molecular flexibility index (Phi) is 6.25. The fraction of sp³-hybridized carbons (Fsp3) is 0.300. The van der Waals surface area contributed by atoms with Crippen molar-refractivity contribution in [1.29, 1.82) is 0 Å². The molecule has 2 heterocycles. The van der Waals surface area contributed by atoms with E-state index in [9.17, 15) is 13.2 Å². The molecular formula is C20H24N6O4S. The highest BCUT2D eigenvalue weighted by Crippen LogP contribution is 2.27. The van der Waals surface area contributed by atoms with Gasteiger partial charge in [0.2, 0.25) is 10.0 Å². The van der Waals surface area contributed by atoms with Crippen molar-refractivity contribution in [2.75, 3.05) is 16.3 Å². The first-order chi connectivity index (χ1) is 14.5. The maximum absolute atomic E-state index is 12.5. The lowest BCUT2D eigenvalue weighted by atomic mass is 10.1. The molecule has 11 heteroatoms. The van der Waals surface area contributed by atoms with E-state index in [2.05, 4.69) is 25.3 Å². The molecule has 31 heavy (non-hydrogen) atoms. The van der Waals surface area contributed by atoms with Crippen LogP contribution in [0.2, 0.25) is 0 Å². The summed E-state index contributed by atoms with van der Waals surface area (Å²) >= 11 is 0. The summed E-state index contributed by atoms with van der Waals surface area (Å²) in [4.78, 5) is 16.9. The van der Waals surface area contributed by atoms with Crippen LogP contribution >= 0.6 is 0 Å². The lowest BCUT2D eigenvalue weighted by Crippen LogP contribution is -2.18. The van der Waals surface area contributed by atoms with Crippen molar-refractivity contribution in [2.24, 2.45) is 7.05 Å². The molecule has 0 aliphatic rings. The minimum Gasteiger partial charge on any atom is -0.441 e. The number of hydrogen-bond donors (Lipinski definition) is 2. The number of carbonyl (C=O) groups excluding carboxylic acids is 1. The summed E-state index contributed by atoms with van der Waals surface area (Å²) in [5.41, 5.74) is 3.51. The second kappa shape index (κ2) is 8.72. The van der Waals surface area contributed by atoms with Gasteiger partial charge < -0.3 is 4.74 Å². The predicted molar refractivity (Wildman–Crippen MR) is 117 cm³/mol. The van der Waals surface area contributed by atoms with Crippen LogP contribution in [0.3, 0.4) is 0 Å². The van der Waals surface area contributed by atoms with Gasteiger partial charge in [-0.2, -0.15) is 0 Å². The smallest absolute Gasteiger partial charge is 0.413 e. The second-order valence-electron chi connectivity index (χ2n) is 7.20. The van der Waals surface area contributed by atoms with E-state index >= 15 is 0 Å². The number of nitrogens with zero attached hydrogens (tertiary/aromatic N) is 4. The van der Waals surface area contributed by atoms with E-state index in [1.54, 1.807) is 33.0 Å². The number of ether oxygens (including phenoxy) is 1. The number of pyridine rings is 1. The Hall–Kier alpha value is -3.47. The molecule has 0 unspecified atom stereocenters. The zero-order valence-electron chi connectivity index (χ0n) is 17.9. The Balaban J connectivity index is 1.79. The monoisotopic (exact) mass is 444 g/mol. The summed E-state index contributed by atoms with van der Waals surface area (Å²) in [6.07, 6.45) is -0.0481. The topological polar surface area (TPSA) is 128 Å². The molecule has 0 aliphatic carbocycles. The number of rotatable bonds is 6. The van der Waals surface area contributed by atoms with E-state index in [-0.39, 0.29) is 0 Å². The van der Waals surface area contributed by atoms with Gasteiger partial charge in [0.25, 0.3) is 0 Å². The van der Waals surface area contributed by atoms with Crippen LogP contribution in [-0.4, -0.2) is 40.7 Å². The van der Waals surface area contributed by atoms with Crippen LogP contribution < -0.4 is 10.0 Å². The minimum atomic E-state index is -3.43. The van der Waals surface area contributed by atoms with Gasteiger partial charge in [-0.15, -0.1) is 5.10 Å². The van der Waals surface area contributed by atoms with Crippen molar-refractivity contribution in [3.8, 4) is 11.4 Å². The van der Waals surface area contributed by atoms with Crippen molar-refractivity contribution in [2.45, 2.75) is 26.9 Å². The molecule has 0 radical (unpaired) electrons. The van der Waals surface area contributed by atoms with E-state index in [0.717, 1.165) is 17.4 Å². The molecule has 1 atom stereocenters. The van der Waals surface area contributed by atoms with Crippen molar-refractivity contribution in [3.63, 3.8) is 0 Å². The molecule has 2 aromatic heterocycles. The SMILES string of the molecule is Cc1cccc([C@@H](C)OC(=O)Nc2c(-c3ccc(NS(C)(=O)=O)c(C)n3)nnn2C)c1. The minimum absolute atomic E-state index is 0.303. The zero-order valence-corrected chi connectivity index (χ0v) is 18.7. The number of aromatic nitrogens is 4. The van der Waals surface area contributed by atoms with Crippen LogP contribution in [-0.2, 0) is 21.8 Å². The quantitative estimate of drug-likeness (QED) is 0.597. The second-order valence-corrected chi connectivity index (χ2v) is 8.95. The summed E-state index contributed by atoms with van der Waals surface area (Å²) < 4.78 is 32.2. The third-order valence-corrected chi connectivity index (χ3v) is 5.06. The van der Waals surface area contributed by atoms with Gasteiger partial charge in [0.15, 0.2) is 11.5 Å². The van der Waals surface area contributed by atoms with Crippen molar-refractivity contribution < 1.29 is 17.9 Å². The molecule has 164 valence electrons. The fourth-order valence-electron chi connectivity index (χ4n) is 2.95. The molecule has 3 rings (SSSR count). The van der Waals surface area contributed by atoms with E-state index < -0.39 is 22.2 Å². The third kappa shape index (κ3) is 5.57. The van der Waals surface area contributed by atoms with Gasteiger partial charge >= 0.3 is 6.09 Å². The average molecular weight is 445 g/mol. The number of nitrogens with one attached hydrogen (secondary N) is 2. The molecule has 0 bridgehead atoms. The van der Waals surface area contributed by atoms with Crippen molar-refractivity contribution in [1.82, 2.24) is 20.0 Å². The molecule has 0 aliphatic heterocycles. The third-order valence-electron chi connectivity index (χ3n) is 4.47. The predicted octanol–water partition coefficient (Wildman–Crippen LogP) is 3.18. The lowest BCUT2D eigenvalue weighted by molar-refractivity contribution is 0.121. The number of carbonyl (C=O) groups is 1. The summed E-state index contributed by atoms with van der Waals surface area (Å²) in [6.45, 7) is 5.42. The first kappa shape index (κ1) is 22.2. The highest BCUT2D eigenvalue weighted by atomic mass is 32.2. The number of anilines is 2. The Bertz CT molecular complexity index is 1220. The Labute approximate surface area is 180 Å². The number of hydrogen-bond acceptors (Lipinski definition) is 7. The van der Waals surface area contributed by atoms with Crippen LogP contribution in [0.15, 0.2) is 36.4 Å². The van der Waals surface area contributed by atoms with Crippen LogP contribution in [0.4, 0.5) is 16.3 Å². The molecule has 0 saturated carbocycles. The molecule has 3 aromatic rings. The number of benzene rings is 1. The average Bonchev–Trinajstić information content (AvgIpc) is 3.02. The van der Waals surface area contributed by atoms with E-state index in [4.69, 9.17) is 4.74 Å². The van der Waals surface area contributed by atoms with Gasteiger partial charge in [0, 0.05) is 7.05 Å². The van der Waals surface area contributed by atoms with Crippen molar-refractivity contribution in [3.05, 3.63) is 53.2 Å². The number of aryl methyl sites for hydroxylation is 3. The first-order valence-electron chi connectivity index (χ1n) is 9.43. The maximum atomic E-state index is 12.5. The largest absolute Gasteiger partial charge is 0.441 e. The molecule has 1 amide bonds. The summed E-state index contributed by atoms with van der Waals surface area (Å²) in [6, 6.07) is 10.9. The van der Waals surface area contributed by atoms with Crippen molar-refractivity contribution >= 4 is 27.6 Å². The highest BCUT2D eigenvalue weighted by molar-refractivity contribution is 7.92. The highest BCUT2D eigenvalue weighted by Gasteiger charge is 2.20. The van der Waals surface area contributed by atoms with Crippen LogP contribution in [0.25, 0.3) is 11.4 Å². The molecular weight excluding hydrogens is 420 g/mol. The number of sulfonamides is 1. The van der Waals surface area contributed by atoms with E-state index in [1.807, 2.05) is 31.2 Å². The van der Waals surface area contributed by atoms with Gasteiger partial charge in [-0.25, -0.2) is 22.9 Å². The lowest BCUT2D eigenvalue weighted by Gasteiger charge is -2.15. The van der Waals surface area contributed by atoms with Gasteiger partial charge in [-0.1, -0.05) is 35.0 Å². The molecule has 0 saturated heterocycles. The Morgan fingerprint density at radius 1 is 1.19 bits per heavy atom. The van der Waals surface area contributed by atoms with E-state index in [0.29, 0.717) is 28.6 Å². The summed E-state index contributed by atoms with van der Waals surface area (Å²) in [7, 11) is -1.80. The van der Waals surface area contributed by atoms with Gasteiger partial charge in [0.1, 0.15) is 6.10 Å². The summed E-state index contributed by atoms with van der Waals surface area (Å²) in [5, 5.41) is 10.7. The maximum Gasteiger partial charge on any atom is 0.413 e. The van der Waals surface area contributed by atoms with Crippen LogP contribution in [0.5, 0.6) is 0 Å². The fourth-order valence-corrected chi connectivity index (χ4v) is 3.56. The molecule has 2 N–H and O–H groups in total. The van der Waals surface area contributed by atoms with Gasteiger partial charge in [-0.05, 0) is 38.5 Å². The normalized spacial score (nSPS) is 12.3. The summed E-state index contributed by atoms with van der Waals surface area (Å²) in [5.74, 6) is 0.303. The first-order valence-corrected chi connectivity index (χ1v) is 11.3. The Morgan fingerprint density at radius 3 is 2.58 bits per heavy atom. The zero-order chi connectivity index (χ0) is 22.8. The standard InChI is InChI=1S/C20H24N6O4S/c1-12-7-6-8-15(11-12)14(3)30-20(27)22-19-18(23-25-26(19)4)17-10-9-16(13(2)21-17)24-31(5,28)29/h6-11,14,24H,1-5H3,(H,22,27)/t14-/m1/s1. The van der Waals surface area contributed by atoms with E-state index in [1.165, 1.54) is 4.68 Å². The molecule has 1 aromatic carbocycles. The Morgan fingerprint density at radius 2 is 1.94 bits per heavy atom.